The minimum Gasteiger partial charge on any atom is -0.377 e. The van der Waals surface area contributed by atoms with E-state index in [1.807, 2.05) is 25.1 Å². The smallest absolute Gasteiger partial charge is 0.263 e. The van der Waals surface area contributed by atoms with E-state index < -0.39 is 0 Å². The van der Waals surface area contributed by atoms with Crippen molar-refractivity contribution in [2.45, 2.75) is 19.9 Å². The van der Waals surface area contributed by atoms with Crippen LogP contribution in [0.15, 0.2) is 18.5 Å². The van der Waals surface area contributed by atoms with E-state index in [0.29, 0.717) is 15.8 Å². The molecule has 0 aromatic carbocycles. The van der Waals surface area contributed by atoms with Crippen molar-refractivity contribution in [2.24, 2.45) is 5.92 Å². The van der Waals surface area contributed by atoms with Gasteiger partial charge in [0.05, 0.1) is 17.3 Å². The Balaban J connectivity index is 2.38. The zero-order valence-electron chi connectivity index (χ0n) is 12.2. The van der Waals surface area contributed by atoms with Crippen LogP contribution in [0.25, 0.3) is 0 Å². The van der Waals surface area contributed by atoms with Gasteiger partial charge in [-0.1, -0.05) is 37.8 Å². The third kappa shape index (κ3) is 2.81. The van der Waals surface area contributed by atoms with Crippen LogP contribution in [0, 0.1) is 5.92 Å². The van der Waals surface area contributed by atoms with Crippen LogP contribution in [0.4, 0.5) is 5.69 Å². The van der Waals surface area contributed by atoms with Gasteiger partial charge < -0.3 is 4.90 Å². The highest BCUT2D eigenvalue weighted by Gasteiger charge is 2.37. The maximum absolute atomic E-state index is 12.9. The summed E-state index contributed by atoms with van der Waals surface area (Å²) >= 11 is 6.94. The summed E-state index contributed by atoms with van der Waals surface area (Å²) in [5.74, 6) is 1.21. The van der Waals surface area contributed by atoms with E-state index in [0.717, 1.165) is 11.4 Å². The largest absolute Gasteiger partial charge is 0.377 e. The molecule has 1 aromatic heterocycles. The molecule has 1 saturated heterocycles. The maximum atomic E-state index is 12.9. The molecule has 0 N–H and O–H groups in total. The van der Waals surface area contributed by atoms with Gasteiger partial charge in [0.25, 0.3) is 5.91 Å². The Bertz CT molecular complexity index is 531. The van der Waals surface area contributed by atoms with E-state index in [1.54, 1.807) is 29.1 Å². The highest BCUT2D eigenvalue weighted by atomic mass is 32.2. The Morgan fingerprint density at radius 1 is 1.55 bits per heavy atom. The van der Waals surface area contributed by atoms with Crippen LogP contribution in [0.5, 0.6) is 0 Å². The first-order chi connectivity index (χ1) is 9.43. The minimum absolute atomic E-state index is 0.0458. The van der Waals surface area contributed by atoms with Crippen LogP contribution in [0.1, 0.15) is 24.2 Å². The normalized spacial score (nSPS) is 18.8. The Morgan fingerprint density at radius 2 is 2.25 bits per heavy atom. The lowest BCUT2D eigenvalue weighted by molar-refractivity contribution is 0.0801. The van der Waals surface area contributed by atoms with Crippen LogP contribution in [0.2, 0.25) is 0 Å². The van der Waals surface area contributed by atoms with Gasteiger partial charge in [0, 0.05) is 32.2 Å². The summed E-state index contributed by atoms with van der Waals surface area (Å²) in [5, 5.41) is 0. The molecule has 1 aromatic rings. The molecule has 20 heavy (non-hydrogen) atoms. The average Bonchev–Trinajstić information content (AvgIpc) is 2.80. The van der Waals surface area contributed by atoms with Crippen molar-refractivity contribution in [2.75, 3.05) is 24.7 Å². The van der Waals surface area contributed by atoms with Gasteiger partial charge in [-0.3, -0.25) is 14.7 Å². The van der Waals surface area contributed by atoms with Crippen molar-refractivity contribution in [3.05, 3.63) is 24.0 Å². The van der Waals surface area contributed by atoms with Crippen molar-refractivity contribution in [1.82, 2.24) is 9.88 Å². The average molecular weight is 309 g/mol. The fourth-order valence-corrected chi connectivity index (χ4v) is 3.86. The molecule has 2 heterocycles. The third-order valence-electron chi connectivity index (χ3n) is 3.40. The van der Waals surface area contributed by atoms with Gasteiger partial charge >= 0.3 is 0 Å². The van der Waals surface area contributed by atoms with Gasteiger partial charge in [-0.25, -0.2) is 0 Å². The number of carbonyl (C=O) groups is 1. The van der Waals surface area contributed by atoms with Crippen molar-refractivity contribution in [1.29, 1.82) is 0 Å². The molecule has 0 spiro atoms. The monoisotopic (exact) mass is 309 g/mol. The van der Waals surface area contributed by atoms with E-state index in [1.165, 1.54) is 0 Å². The number of pyridine rings is 1. The second-order valence-electron chi connectivity index (χ2n) is 5.35. The number of anilines is 1. The molecule has 1 aliphatic heterocycles. The van der Waals surface area contributed by atoms with Gasteiger partial charge in [-0.05, 0) is 12.0 Å². The van der Waals surface area contributed by atoms with Crippen molar-refractivity contribution in [3.63, 3.8) is 0 Å². The molecular formula is C14H19N3OS2. The number of rotatable bonds is 3. The van der Waals surface area contributed by atoms with E-state index in [4.69, 9.17) is 12.2 Å². The summed E-state index contributed by atoms with van der Waals surface area (Å²) in [6.45, 7) is 4.24. The molecule has 0 unspecified atom stereocenters. The van der Waals surface area contributed by atoms with Gasteiger partial charge in [-0.2, -0.15) is 0 Å². The van der Waals surface area contributed by atoms with Crippen LogP contribution >= 0.6 is 24.0 Å². The Kier molecular flexibility index (Phi) is 4.65. The molecule has 1 amide bonds. The fraction of sp³-hybridized carbons (Fsp3) is 0.500. The van der Waals surface area contributed by atoms with Gasteiger partial charge in [0.15, 0.2) is 0 Å². The predicted octanol–water partition coefficient (Wildman–Crippen LogP) is 2.65. The summed E-state index contributed by atoms with van der Waals surface area (Å²) < 4.78 is 0.669. The SMILES string of the molecule is CC(C)[C@H]1CSC(=S)N1C(=O)c1cnccc1N(C)C. The molecule has 2 rings (SSSR count). The van der Waals surface area contributed by atoms with E-state index in [2.05, 4.69) is 18.8 Å². The Labute approximate surface area is 129 Å². The zero-order valence-corrected chi connectivity index (χ0v) is 13.8. The third-order valence-corrected chi connectivity index (χ3v) is 4.91. The number of amides is 1. The first kappa shape index (κ1) is 15.3. The van der Waals surface area contributed by atoms with Gasteiger partial charge in [0.2, 0.25) is 0 Å². The van der Waals surface area contributed by atoms with Crippen LogP contribution in [-0.4, -0.2) is 46.0 Å². The summed E-state index contributed by atoms with van der Waals surface area (Å²) in [6, 6.07) is 2.01. The van der Waals surface area contributed by atoms with Gasteiger partial charge in [0.1, 0.15) is 4.32 Å². The molecule has 0 aliphatic carbocycles. The molecule has 1 atom stereocenters. The maximum Gasteiger partial charge on any atom is 0.263 e. The van der Waals surface area contributed by atoms with Crippen molar-refractivity contribution < 1.29 is 4.79 Å². The number of nitrogens with zero attached hydrogens (tertiary/aromatic N) is 3. The molecule has 108 valence electrons. The zero-order chi connectivity index (χ0) is 14.9. The molecule has 1 fully saturated rings. The number of hydrogen-bond acceptors (Lipinski definition) is 5. The number of thiocarbonyl (C=S) groups is 1. The topological polar surface area (TPSA) is 36.4 Å². The van der Waals surface area contributed by atoms with Crippen molar-refractivity contribution in [3.8, 4) is 0 Å². The van der Waals surface area contributed by atoms with Crippen molar-refractivity contribution >= 4 is 39.9 Å². The summed E-state index contributed by atoms with van der Waals surface area (Å²) in [6.07, 6.45) is 3.32. The fourth-order valence-electron chi connectivity index (χ4n) is 2.23. The number of carbonyl (C=O) groups excluding carboxylic acids is 1. The van der Waals surface area contributed by atoms with Gasteiger partial charge in [-0.15, -0.1) is 0 Å². The quantitative estimate of drug-likeness (QED) is 0.802. The first-order valence-corrected chi connectivity index (χ1v) is 7.94. The van der Waals surface area contributed by atoms with E-state index in [-0.39, 0.29) is 11.9 Å². The highest BCUT2D eigenvalue weighted by molar-refractivity contribution is 8.23. The Hall–Kier alpha value is -1.14. The first-order valence-electron chi connectivity index (χ1n) is 6.55. The number of hydrogen-bond donors (Lipinski definition) is 0. The second-order valence-corrected chi connectivity index (χ2v) is 7.00. The molecular weight excluding hydrogens is 290 g/mol. The summed E-state index contributed by atoms with van der Waals surface area (Å²) in [4.78, 5) is 20.6. The molecule has 1 aliphatic rings. The second kappa shape index (κ2) is 6.10. The summed E-state index contributed by atoms with van der Waals surface area (Å²) in [5.41, 5.74) is 1.47. The molecule has 0 radical (unpaired) electrons. The lowest BCUT2D eigenvalue weighted by atomic mass is 10.0. The molecule has 6 heteroatoms. The number of thioether (sulfide) groups is 1. The lowest BCUT2D eigenvalue weighted by Crippen LogP contribution is -2.42. The lowest BCUT2D eigenvalue weighted by Gasteiger charge is -2.28. The van der Waals surface area contributed by atoms with E-state index in [9.17, 15) is 4.79 Å². The number of aromatic nitrogens is 1. The van der Waals surface area contributed by atoms with Crippen LogP contribution < -0.4 is 4.90 Å². The molecule has 4 nitrogen and oxygen atoms in total. The highest BCUT2D eigenvalue weighted by Crippen LogP contribution is 2.31. The predicted molar refractivity (Wildman–Crippen MR) is 88.4 cm³/mol. The van der Waals surface area contributed by atoms with E-state index >= 15 is 0 Å². The standard InChI is InChI=1S/C14H19N3OS2/c1-9(2)12-8-20-14(19)17(12)13(18)10-7-15-6-5-11(10)16(3)4/h5-7,9,12H,8H2,1-4H3/t12-/m1/s1. The summed E-state index contributed by atoms with van der Waals surface area (Å²) in [7, 11) is 3.84. The van der Waals surface area contributed by atoms with Crippen LogP contribution in [-0.2, 0) is 0 Å². The van der Waals surface area contributed by atoms with Crippen LogP contribution in [0.3, 0.4) is 0 Å². The molecule has 0 saturated carbocycles. The molecule has 0 bridgehead atoms. The Morgan fingerprint density at radius 3 is 2.85 bits per heavy atom. The minimum atomic E-state index is -0.0458.